The van der Waals surface area contributed by atoms with Gasteiger partial charge < -0.3 is 9.64 Å². The van der Waals surface area contributed by atoms with E-state index in [1.165, 1.54) is 11.3 Å². The van der Waals surface area contributed by atoms with Gasteiger partial charge in [0.2, 0.25) is 0 Å². The summed E-state index contributed by atoms with van der Waals surface area (Å²) in [5.41, 5.74) is 2.47. The maximum absolute atomic E-state index is 5.34. The molecule has 15 heavy (non-hydrogen) atoms. The first kappa shape index (κ1) is 10.4. The summed E-state index contributed by atoms with van der Waals surface area (Å²) in [5.74, 6) is 1.11. The van der Waals surface area contributed by atoms with Gasteiger partial charge in [-0.25, -0.2) is 4.98 Å². The van der Waals surface area contributed by atoms with Crippen molar-refractivity contribution in [2.24, 2.45) is 0 Å². The maximum atomic E-state index is 5.34. The number of aromatic nitrogens is 1. The van der Waals surface area contributed by atoms with Crippen LogP contribution in [0, 0.1) is 6.92 Å². The predicted octanol–water partition coefficient (Wildman–Crippen LogP) is 1.79. The largest absolute Gasteiger partial charge is 0.378 e. The van der Waals surface area contributed by atoms with Gasteiger partial charge in [-0.15, -0.1) is 0 Å². The van der Waals surface area contributed by atoms with Gasteiger partial charge in [0.15, 0.2) is 0 Å². The molecule has 1 aliphatic heterocycles. The molecule has 3 heteroatoms. The van der Waals surface area contributed by atoms with Crippen LogP contribution in [0.25, 0.3) is 0 Å². The van der Waals surface area contributed by atoms with Crippen molar-refractivity contribution in [2.75, 3.05) is 31.2 Å². The van der Waals surface area contributed by atoms with E-state index < -0.39 is 0 Å². The highest BCUT2D eigenvalue weighted by atomic mass is 16.5. The van der Waals surface area contributed by atoms with Gasteiger partial charge in [-0.05, 0) is 31.0 Å². The highest BCUT2D eigenvalue weighted by Gasteiger charge is 2.12. The molecule has 2 heterocycles. The van der Waals surface area contributed by atoms with Crippen molar-refractivity contribution < 1.29 is 4.74 Å². The van der Waals surface area contributed by atoms with E-state index in [1.54, 1.807) is 0 Å². The molecule has 1 fully saturated rings. The minimum atomic E-state index is 0.817. The third-order valence-corrected chi connectivity index (χ3v) is 2.71. The molecule has 1 saturated heterocycles. The van der Waals surface area contributed by atoms with E-state index >= 15 is 0 Å². The Labute approximate surface area is 91.1 Å². The van der Waals surface area contributed by atoms with Crippen molar-refractivity contribution in [3.05, 3.63) is 23.4 Å². The van der Waals surface area contributed by atoms with Crippen molar-refractivity contribution in [3.8, 4) is 0 Å². The summed E-state index contributed by atoms with van der Waals surface area (Å²) in [5, 5.41) is 0. The van der Waals surface area contributed by atoms with Gasteiger partial charge in [-0.1, -0.05) is 6.92 Å². The van der Waals surface area contributed by atoms with Crippen molar-refractivity contribution >= 4 is 5.82 Å². The number of pyridine rings is 1. The second kappa shape index (κ2) is 4.62. The maximum Gasteiger partial charge on any atom is 0.129 e. The van der Waals surface area contributed by atoms with E-state index in [4.69, 9.17) is 4.74 Å². The molecule has 0 aromatic carbocycles. The van der Waals surface area contributed by atoms with Crippen LogP contribution in [0.4, 0.5) is 5.82 Å². The van der Waals surface area contributed by atoms with Crippen LogP contribution < -0.4 is 4.90 Å². The first-order valence-corrected chi connectivity index (χ1v) is 5.60. The number of nitrogens with zero attached hydrogens (tertiary/aromatic N) is 2. The van der Waals surface area contributed by atoms with Crippen LogP contribution in [-0.2, 0) is 11.2 Å². The van der Waals surface area contributed by atoms with E-state index in [2.05, 4.69) is 35.9 Å². The van der Waals surface area contributed by atoms with E-state index in [9.17, 15) is 0 Å². The van der Waals surface area contributed by atoms with Crippen LogP contribution in [0.3, 0.4) is 0 Å². The van der Waals surface area contributed by atoms with E-state index in [0.717, 1.165) is 38.5 Å². The van der Waals surface area contributed by atoms with Gasteiger partial charge in [0.1, 0.15) is 5.82 Å². The van der Waals surface area contributed by atoms with Gasteiger partial charge in [0.25, 0.3) is 0 Å². The molecule has 1 aromatic heterocycles. The third-order valence-electron chi connectivity index (χ3n) is 2.71. The summed E-state index contributed by atoms with van der Waals surface area (Å²) in [4.78, 5) is 6.95. The fourth-order valence-corrected chi connectivity index (χ4v) is 1.86. The zero-order valence-corrected chi connectivity index (χ0v) is 9.49. The smallest absolute Gasteiger partial charge is 0.129 e. The highest BCUT2D eigenvalue weighted by molar-refractivity contribution is 5.42. The Balaban J connectivity index is 2.22. The average molecular weight is 206 g/mol. The number of aryl methyl sites for hydroxylation is 2. The Hall–Kier alpha value is -1.09. The third kappa shape index (κ3) is 2.48. The molecule has 0 bridgehead atoms. The molecule has 0 amide bonds. The molecule has 0 unspecified atom stereocenters. The summed E-state index contributed by atoms with van der Waals surface area (Å²) >= 11 is 0. The topological polar surface area (TPSA) is 25.4 Å². The molecule has 0 radical (unpaired) electrons. The molecular formula is C12H18N2O. The van der Waals surface area contributed by atoms with E-state index in [1.807, 2.05) is 0 Å². The van der Waals surface area contributed by atoms with Crippen LogP contribution in [-0.4, -0.2) is 31.3 Å². The fourth-order valence-electron chi connectivity index (χ4n) is 1.86. The average Bonchev–Trinajstić information content (AvgIpc) is 2.29. The van der Waals surface area contributed by atoms with Crippen molar-refractivity contribution in [1.29, 1.82) is 0 Å². The second-order valence-electron chi connectivity index (χ2n) is 3.95. The molecule has 1 aliphatic rings. The molecule has 0 atom stereocenters. The molecule has 3 nitrogen and oxygen atoms in total. The highest BCUT2D eigenvalue weighted by Crippen LogP contribution is 2.16. The first-order valence-electron chi connectivity index (χ1n) is 5.60. The normalized spacial score (nSPS) is 16.8. The van der Waals surface area contributed by atoms with E-state index in [0.29, 0.717) is 0 Å². The number of morpholine rings is 1. The van der Waals surface area contributed by atoms with Crippen molar-refractivity contribution in [1.82, 2.24) is 4.98 Å². The Morgan fingerprint density at radius 3 is 2.73 bits per heavy atom. The predicted molar refractivity (Wildman–Crippen MR) is 61.4 cm³/mol. The molecule has 0 N–H and O–H groups in total. The zero-order chi connectivity index (χ0) is 10.7. The lowest BCUT2D eigenvalue weighted by Crippen LogP contribution is -2.36. The number of hydrogen-bond acceptors (Lipinski definition) is 3. The number of ether oxygens (including phenoxy) is 1. The summed E-state index contributed by atoms with van der Waals surface area (Å²) in [6, 6.07) is 4.31. The summed E-state index contributed by atoms with van der Waals surface area (Å²) in [6.45, 7) is 7.82. The number of hydrogen-bond donors (Lipinski definition) is 0. The van der Waals surface area contributed by atoms with Gasteiger partial charge in [0, 0.05) is 18.8 Å². The number of anilines is 1. The lowest BCUT2D eigenvalue weighted by molar-refractivity contribution is 0.122. The van der Waals surface area contributed by atoms with Crippen LogP contribution in [0.1, 0.15) is 18.2 Å². The van der Waals surface area contributed by atoms with Crippen molar-refractivity contribution in [3.63, 3.8) is 0 Å². The Bertz CT molecular complexity index is 332. The Kier molecular flexibility index (Phi) is 3.21. The molecule has 0 spiro atoms. The van der Waals surface area contributed by atoms with Gasteiger partial charge >= 0.3 is 0 Å². The monoisotopic (exact) mass is 206 g/mol. The van der Waals surface area contributed by atoms with Crippen LogP contribution >= 0.6 is 0 Å². The minimum absolute atomic E-state index is 0.817. The molecule has 2 rings (SSSR count). The SMILES string of the molecule is CCc1cc(C)cc(N2CCOCC2)n1. The zero-order valence-electron chi connectivity index (χ0n) is 9.49. The second-order valence-corrected chi connectivity index (χ2v) is 3.95. The lowest BCUT2D eigenvalue weighted by atomic mass is 10.2. The molecule has 0 aliphatic carbocycles. The van der Waals surface area contributed by atoms with Crippen LogP contribution in [0.2, 0.25) is 0 Å². The lowest BCUT2D eigenvalue weighted by Gasteiger charge is -2.28. The summed E-state index contributed by atoms with van der Waals surface area (Å²) in [7, 11) is 0. The molecule has 1 aromatic rings. The van der Waals surface area contributed by atoms with E-state index in [-0.39, 0.29) is 0 Å². The molecule has 0 saturated carbocycles. The van der Waals surface area contributed by atoms with Gasteiger partial charge in [-0.3, -0.25) is 0 Å². The van der Waals surface area contributed by atoms with Gasteiger partial charge in [-0.2, -0.15) is 0 Å². The summed E-state index contributed by atoms with van der Waals surface area (Å²) in [6.07, 6.45) is 0.999. The Morgan fingerprint density at radius 1 is 1.33 bits per heavy atom. The molecule has 82 valence electrons. The molecular weight excluding hydrogens is 188 g/mol. The van der Waals surface area contributed by atoms with Crippen molar-refractivity contribution in [2.45, 2.75) is 20.3 Å². The first-order chi connectivity index (χ1) is 7.29. The van der Waals surface area contributed by atoms with Crippen LogP contribution in [0.5, 0.6) is 0 Å². The fraction of sp³-hybridized carbons (Fsp3) is 0.583. The summed E-state index contributed by atoms with van der Waals surface area (Å²) < 4.78 is 5.34. The quantitative estimate of drug-likeness (QED) is 0.737. The van der Waals surface area contributed by atoms with Gasteiger partial charge in [0.05, 0.1) is 13.2 Å². The Morgan fingerprint density at radius 2 is 2.07 bits per heavy atom. The van der Waals surface area contributed by atoms with Crippen LogP contribution in [0.15, 0.2) is 12.1 Å². The number of rotatable bonds is 2. The standard InChI is InChI=1S/C12H18N2O/c1-3-11-8-10(2)9-12(13-11)14-4-6-15-7-5-14/h8-9H,3-7H2,1-2H3. The minimum Gasteiger partial charge on any atom is -0.378 e.